The normalized spacial score (nSPS) is 14.1. The summed E-state index contributed by atoms with van der Waals surface area (Å²) in [5.41, 5.74) is 1.25. The fourth-order valence-electron chi connectivity index (χ4n) is 2.66. The van der Waals surface area contributed by atoms with E-state index in [9.17, 15) is 8.42 Å². The molecule has 140 valence electrons. The molecule has 0 radical (unpaired) electrons. The molecular weight excluding hydrogens is 390 g/mol. The third-order valence-electron chi connectivity index (χ3n) is 4.21. The summed E-state index contributed by atoms with van der Waals surface area (Å²) in [5.74, 6) is 1.09. The number of nitrogens with one attached hydrogen (secondary N) is 1. The second-order valence-corrected chi connectivity index (χ2v) is 8.25. The van der Waals surface area contributed by atoms with Crippen molar-refractivity contribution in [2.24, 2.45) is 0 Å². The Morgan fingerprint density at radius 1 is 1.19 bits per heavy atom. The van der Waals surface area contributed by atoms with Crippen LogP contribution in [0.1, 0.15) is 18.9 Å². The Bertz CT molecular complexity index is 1080. The lowest BCUT2D eigenvalue weighted by Crippen LogP contribution is -2.13. The summed E-state index contributed by atoms with van der Waals surface area (Å²) in [7, 11) is -2.31. The maximum atomic E-state index is 12.6. The minimum Gasteiger partial charge on any atom is -0.495 e. The predicted octanol–water partition coefficient (Wildman–Crippen LogP) is 3.14. The van der Waals surface area contributed by atoms with Gasteiger partial charge in [0.15, 0.2) is 5.82 Å². The van der Waals surface area contributed by atoms with Gasteiger partial charge in [-0.05, 0) is 65.7 Å². The highest BCUT2D eigenvalue weighted by molar-refractivity contribution is 7.92. The standard InChI is InChI=1S/C17H16ClN5O3S/c1-26-16-9-8-14(10-15(16)18)27(24,25)20-12-4-2-11(3-5-12)17-19-21-22-23(17)13-6-7-13/h2-5,8-10,13,20H,6-7H2,1H3. The average Bonchev–Trinajstić information content (AvgIpc) is 3.39. The molecule has 2 aromatic carbocycles. The van der Waals surface area contributed by atoms with E-state index in [-0.39, 0.29) is 9.92 Å². The number of methoxy groups -OCH3 is 1. The summed E-state index contributed by atoms with van der Waals surface area (Å²) >= 11 is 6.02. The Labute approximate surface area is 161 Å². The topological polar surface area (TPSA) is 99.0 Å². The molecule has 1 aliphatic carbocycles. The highest BCUT2D eigenvalue weighted by Gasteiger charge is 2.28. The number of benzene rings is 2. The summed E-state index contributed by atoms with van der Waals surface area (Å²) in [4.78, 5) is 0.0510. The van der Waals surface area contributed by atoms with Crippen molar-refractivity contribution >= 4 is 27.3 Å². The summed E-state index contributed by atoms with van der Waals surface area (Å²) in [6, 6.07) is 11.6. The van der Waals surface area contributed by atoms with Gasteiger partial charge in [0.2, 0.25) is 0 Å². The third kappa shape index (κ3) is 3.60. The van der Waals surface area contributed by atoms with Crippen LogP contribution in [-0.4, -0.2) is 35.7 Å². The van der Waals surface area contributed by atoms with Crippen molar-refractivity contribution in [3.8, 4) is 17.1 Å². The molecule has 0 unspecified atom stereocenters. The van der Waals surface area contributed by atoms with Crippen molar-refractivity contribution in [2.75, 3.05) is 11.8 Å². The highest BCUT2D eigenvalue weighted by atomic mass is 35.5. The second kappa shape index (κ2) is 6.82. The second-order valence-electron chi connectivity index (χ2n) is 6.16. The van der Waals surface area contributed by atoms with E-state index in [0.29, 0.717) is 23.3 Å². The van der Waals surface area contributed by atoms with Crippen LogP contribution in [0.2, 0.25) is 5.02 Å². The maximum Gasteiger partial charge on any atom is 0.261 e. The van der Waals surface area contributed by atoms with E-state index in [2.05, 4.69) is 20.2 Å². The first kappa shape index (κ1) is 17.7. The first-order valence-electron chi connectivity index (χ1n) is 8.22. The zero-order valence-electron chi connectivity index (χ0n) is 14.3. The first-order valence-corrected chi connectivity index (χ1v) is 10.1. The number of anilines is 1. The summed E-state index contributed by atoms with van der Waals surface area (Å²) in [5, 5.41) is 12.0. The number of rotatable bonds is 6. The Morgan fingerprint density at radius 3 is 2.56 bits per heavy atom. The van der Waals surface area contributed by atoms with E-state index in [1.54, 1.807) is 28.9 Å². The van der Waals surface area contributed by atoms with Gasteiger partial charge in [0, 0.05) is 11.3 Å². The van der Waals surface area contributed by atoms with Gasteiger partial charge >= 0.3 is 0 Å². The Hall–Kier alpha value is -2.65. The number of hydrogen-bond donors (Lipinski definition) is 1. The molecule has 0 saturated heterocycles. The van der Waals surface area contributed by atoms with E-state index >= 15 is 0 Å². The van der Waals surface area contributed by atoms with Gasteiger partial charge in [0.1, 0.15) is 5.75 Å². The molecule has 0 amide bonds. The van der Waals surface area contributed by atoms with Gasteiger partial charge in [-0.3, -0.25) is 4.72 Å². The van der Waals surface area contributed by atoms with Crippen LogP contribution in [0.15, 0.2) is 47.4 Å². The van der Waals surface area contributed by atoms with Gasteiger partial charge in [-0.1, -0.05) is 11.6 Å². The van der Waals surface area contributed by atoms with Crippen molar-refractivity contribution < 1.29 is 13.2 Å². The molecule has 1 N–H and O–H groups in total. The number of sulfonamides is 1. The molecular formula is C17H16ClN5O3S. The SMILES string of the molecule is COc1ccc(S(=O)(=O)Nc2ccc(-c3nnnn3C3CC3)cc2)cc1Cl. The predicted molar refractivity (Wildman–Crippen MR) is 100 cm³/mol. The third-order valence-corrected chi connectivity index (χ3v) is 5.89. The lowest BCUT2D eigenvalue weighted by Gasteiger charge is -2.10. The van der Waals surface area contributed by atoms with Gasteiger partial charge in [-0.25, -0.2) is 13.1 Å². The summed E-state index contributed by atoms with van der Waals surface area (Å²) in [6.45, 7) is 0. The Morgan fingerprint density at radius 2 is 1.93 bits per heavy atom. The summed E-state index contributed by atoms with van der Waals surface area (Å²) < 4.78 is 34.5. The van der Waals surface area contributed by atoms with E-state index in [0.717, 1.165) is 18.4 Å². The van der Waals surface area contributed by atoms with E-state index in [4.69, 9.17) is 16.3 Å². The number of aromatic nitrogens is 4. The lowest BCUT2D eigenvalue weighted by atomic mass is 10.2. The number of tetrazole rings is 1. The molecule has 8 nitrogen and oxygen atoms in total. The van der Waals surface area contributed by atoms with Crippen molar-refractivity contribution in [3.05, 3.63) is 47.5 Å². The fraction of sp³-hybridized carbons (Fsp3) is 0.235. The molecule has 0 spiro atoms. The molecule has 1 aromatic heterocycles. The molecule has 1 saturated carbocycles. The monoisotopic (exact) mass is 405 g/mol. The van der Waals surface area contributed by atoms with Gasteiger partial charge < -0.3 is 4.74 Å². The van der Waals surface area contributed by atoms with Crippen molar-refractivity contribution in [3.63, 3.8) is 0 Å². The molecule has 0 bridgehead atoms. The van der Waals surface area contributed by atoms with Crippen LogP contribution in [0.4, 0.5) is 5.69 Å². The molecule has 4 rings (SSSR count). The van der Waals surface area contributed by atoms with Crippen molar-refractivity contribution in [1.82, 2.24) is 20.2 Å². The fourth-order valence-corrected chi connectivity index (χ4v) is 4.07. The van der Waals surface area contributed by atoms with Gasteiger partial charge in [-0.2, -0.15) is 0 Å². The Kier molecular flexibility index (Phi) is 4.48. The summed E-state index contributed by atoms with van der Waals surface area (Å²) in [6.07, 6.45) is 2.14. The number of hydrogen-bond acceptors (Lipinski definition) is 6. The minimum absolute atomic E-state index is 0.0510. The molecule has 27 heavy (non-hydrogen) atoms. The van der Waals surface area contributed by atoms with Crippen LogP contribution in [0, 0.1) is 0 Å². The van der Waals surface area contributed by atoms with Crippen LogP contribution >= 0.6 is 11.6 Å². The molecule has 1 heterocycles. The highest BCUT2D eigenvalue weighted by Crippen LogP contribution is 2.36. The zero-order chi connectivity index (χ0) is 19.0. The van der Waals surface area contributed by atoms with Gasteiger partial charge in [0.25, 0.3) is 10.0 Å². The minimum atomic E-state index is -3.77. The number of nitrogens with zero attached hydrogens (tertiary/aromatic N) is 4. The maximum absolute atomic E-state index is 12.6. The zero-order valence-corrected chi connectivity index (χ0v) is 15.9. The van der Waals surface area contributed by atoms with Crippen LogP contribution in [0.3, 0.4) is 0 Å². The molecule has 10 heteroatoms. The Balaban J connectivity index is 1.55. The van der Waals surface area contributed by atoms with Crippen LogP contribution < -0.4 is 9.46 Å². The number of ether oxygens (including phenoxy) is 1. The average molecular weight is 406 g/mol. The largest absolute Gasteiger partial charge is 0.495 e. The van der Waals surface area contributed by atoms with Crippen LogP contribution in [0.25, 0.3) is 11.4 Å². The lowest BCUT2D eigenvalue weighted by molar-refractivity contribution is 0.414. The molecule has 1 fully saturated rings. The van der Waals surface area contributed by atoms with Gasteiger partial charge in [-0.15, -0.1) is 5.10 Å². The molecule has 0 aliphatic heterocycles. The van der Waals surface area contributed by atoms with Crippen molar-refractivity contribution in [2.45, 2.75) is 23.8 Å². The molecule has 3 aromatic rings. The van der Waals surface area contributed by atoms with E-state index < -0.39 is 10.0 Å². The van der Waals surface area contributed by atoms with Crippen molar-refractivity contribution in [1.29, 1.82) is 0 Å². The first-order chi connectivity index (χ1) is 13.0. The molecule has 0 atom stereocenters. The number of halogens is 1. The van der Waals surface area contributed by atoms with Crippen LogP contribution in [0.5, 0.6) is 5.75 Å². The smallest absolute Gasteiger partial charge is 0.261 e. The van der Waals surface area contributed by atoms with E-state index in [1.165, 1.54) is 25.3 Å². The quantitative estimate of drug-likeness (QED) is 0.676. The van der Waals surface area contributed by atoms with E-state index in [1.807, 2.05) is 0 Å². The molecule has 1 aliphatic rings. The van der Waals surface area contributed by atoms with Crippen LogP contribution in [-0.2, 0) is 10.0 Å². The van der Waals surface area contributed by atoms with Gasteiger partial charge in [0.05, 0.1) is 23.1 Å².